The molecule has 0 radical (unpaired) electrons. The number of aromatic nitrogens is 4. The molecule has 0 saturated heterocycles. The number of amides is 1. The van der Waals surface area contributed by atoms with Crippen molar-refractivity contribution < 1.29 is 9.21 Å². The maximum absolute atomic E-state index is 12.0. The van der Waals surface area contributed by atoms with E-state index in [4.69, 9.17) is 4.42 Å². The second-order valence-electron chi connectivity index (χ2n) is 6.41. The quantitative estimate of drug-likeness (QED) is 0.800. The van der Waals surface area contributed by atoms with Crippen LogP contribution in [0.3, 0.4) is 0 Å². The van der Waals surface area contributed by atoms with Gasteiger partial charge in [0.05, 0.1) is 6.54 Å². The second-order valence-corrected chi connectivity index (χ2v) is 6.41. The Balaban J connectivity index is 1.69. The SMILES string of the molecule is CC(C)(C)c1nc2cc(NC(=O)CCn3cncn3)ccc2o1. The lowest BCUT2D eigenvalue weighted by molar-refractivity contribution is -0.116. The Kier molecular flexibility index (Phi) is 3.85. The third-order valence-corrected chi connectivity index (χ3v) is 3.35. The number of hydrogen-bond donors (Lipinski definition) is 1. The van der Waals surface area contributed by atoms with Crippen molar-refractivity contribution in [2.45, 2.75) is 39.2 Å². The zero-order valence-corrected chi connectivity index (χ0v) is 13.4. The minimum atomic E-state index is -0.153. The third-order valence-electron chi connectivity index (χ3n) is 3.35. The molecule has 0 aliphatic carbocycles. The van der Waals surface area contributed by atoms with Gasteiger partial charge in [-0.05, 0) is 18.2 Å². The number of nitrogens with one attached hydrogen (secondary N) is 1. The molecule has 0 saturated carbocycles. The van der Waals surface area contributed by atoms with Gasteiger partial charge >= 0.3 is 0 Å². The van der Waals surface area contributed by atoms with E-state index in [0.717, 1.165) is 11.1 Å². The first-order valence-electron chi connectivity index (χ1n) is 7.45. The topological polar surface area (TPSA) is 85.8 Å². The van der Waals surface area contributed by atoms with Crippen molar-refractivity contribution in [1.82, 2.24) is 19.7 Å². The van der Waals surface area contributed by atoms with Crippen LogP contribution in [-0.2, 0) is 16.8 Å². The molecule has 23 heavy (non-hydrogen) atoms. The molecule has 7 heteroatoms. The van der Waals surface area contributed by atoms with Crippen LogP contribution in [0, 0.1) is 0 Å². The van der Waals surface area contributed by atoms with Gasteiger partial charge in [-0.3, -0.25) is 9.48 Å². The number of oxazole rings is 1. The molecule has 0 aliphatic heterocycles. The summed E-state index contributed by atoms with van der Waals surface area (Å²) in [7, 11) is 0. The van der Waals surface area contributed by atoms with Crippen LogP contribution in [-0.4, -0.2) is 25.7 Å². The van der Waals surface area contributed by atoms with E-state index in [0.29, 0.717) is 24.5 Å². The van der Waals surface area contributed by atoms with Gasteiger partial charge in [0.25, 0.3) is 0 Å². The lowest BCUT2D eigenvalue weighted by Crippen LogP contribution is -2.14. The molecule has 1 aromatic carbocycles. The second kappa shape index (κ2) is 5.83. The molecule has 1 N–H and O–H groups in total. The number of aryl methyl sites for hydroxylation is 1. The number of fused-ring (bicyclic) bond motifs is 1. The van der Waals surface area contributed by atoms with Crippen LogP contribution in [0.15, 0.2) is 35.3 Å². The molecule has 0 bridgehead atoms. The van der Waals surface area contributed by atoms with Gasteiger partial charge in [0, 0.05) is 17.5 Å². The maximum Gasteiger partial charge on any atom is 0.226 e. The smallest absolute Gasteiger partial charge is 0.226 e. The monoisotopic (exact) mass is 313 g/mol. The Bertz CT molecular complexity index is 815. The molecular formula is C16H19N5O2. The van der Waals surface area contributed by atoms with Gasteiger partial charge in [0.15, 0.2) is 5.58 Å². The van der Waals surface area contributed by atoms with Gasteiger partial charge in [-0.25, -0.2) is 9.97 Å². The number of benzene rings is 1. The molecule has 3 aromatic rings. The molecule has 0 spiro atoms. The fraction of sp³-hybridized carbons (Fsp3) is 0.375. The third kappa shape index (κ3) is 3.56. The molecule has 0 unspecified atom stereocenters. The van der Waals surface area contributed by atoms with E-state index >= 15 is 0 Å². The van der Waals surface area contributed by atoms with Gasteiger partial charge in [-0.15, -0.1) is 0 Å². The molecule has 0 atom stereocenters. The Morgan fingerprint density at radius 1 is 1.35 bits per heavy atom. The lowest BCUT2D eigenvalue weighted by Gasteiger charge is -2.11. The van der Waals surface area contributed by atoms with Crippen LogP contribution in [0.5, 0.6) is 0 Å². The number of carbonyl (C=O) groups excluding carboxylic acids is 1. The van der Waals surface area contributed by atoms with Crippen molar-refractivity contribution in [1.29, 1.82) is 0 Å². The van der Waals surface area contributed by atoms with E-state index < -0.39 is 0 Å². The normalized spacial score (nSPS) is 11.8. The molecule has 2 aromatic heterocycles. The Labute approximate surface area is 133 Å². The highest BCUT2D eigenvalue weighted by atomic mass is 16.3. The molecule has 2 heterocycles. The predicted molar refractivity (Wildman–Crippen MR) is 86.0 cm³/mol. The summed E-state index contributed by atoms with van der Waals surface area (Å²) >= 11 is 0. The zero-order chi connectivity index (χ0) is 16.4. The largest absolute Gasteiger partial charge is 0.440 e. The summed E-state index contributed by atoms with van der Waals surface area (Å²) in [6.45, 7) is 6.63. The summed E-state index contributed by atoms with van der Waals surface area (Å²) in [5.41, 5.74) is 2.01. The number of rotatable bonds is 4. The summed E-state index contributed by atoms with van der Waals surface area (Å²) in [5.74, 6) is 0.599. The first-order valence-corrected chi connectivity index (χ1v) is 7.45. The van der Waals surface area contributed by atoms with Crippen molar-refractivity contribution in [3.05, 3.63) is 36.7 Å². The van der Waals surface area contributed by atoms with Crippen molar-refractivity contribution in [3.63, 3.8) is 0 Å². The van der Waals surface area contributed by atoms with Crippen molar-refractivity contribution in [3.8, 4) is 0 Å². The summed E-state index contributed by atoms with van der Waals surface area (Å²) in [5, 5.41) is 6.83. The minimum absolute atomic E-state index is 0.0839. The number of anilines is 1. The first kappa shape index (κ1) is 15.2. The van der Waals surface area contributed by atoms with Crippen molar-refractivity contribution in [2.75, 3.05) is 5.32 Å². The fourth-order valence-corrected chi connectivity index (χ4v) is 2.11. The van der Waals surface area contributed by atoms with Crippen LogP contribution in [0.4, 0.5) is 5.69 Å². The number of hydrogen-bond acceptors (Lipinski definition) is 5. The number of nitrogens with zero attached hydrogens (tertiary/aromatic N) is 4. The summed E-state index contributed by atoms with van der Waals surface area (Å²) < 4.78 is 7.37. The molecule has 0 aliphatic rings. The Morgan fingerprint density at radius 3 is 2.87 bits per heavy atom. The summed E-state index contributed by atoms with van der Waals surface area (Å²) in [6.07, 6.45) is 3.36. The summed E-state index contributed by atoms with van der Waals surface area (Å²) in [6, 6.07) is 5.46. The predicted octanol–water partition coefficient (Wildman–Crippen LogP) is 2.75. The first-order chi connectivity index (χ1) is 10.9. The zero-order valence-electron chi connectivity index (χ0n) is 13.4. The van der Waals surface area contributed by atoms with E-state index in [1.165, 1.54) is 6.33 Å². The lowest BCUT2D eigenvalue weighted by atomic mass is 9.97. The average Bonchev–Trinajstić information content (AvgIpc) is 3.13. The molecule has 0 fully saturated rings. The highest BCUT2D eigenvalue weighted by molar-refractivity contribution is 5.92. The molecular weight excluding hydrogens is 294 g/mol. The van der Waals surface area contributed by atoms with Crippen LogP contribution < -0.4 is 5.32 Å². The van der Waals surface area contributed by atoms with Crippen LogP contribution in [0.1, 0.15) is 33.1 Å². The standard InChI is InChI=1S/C16H19N5O2/c1-16(2,3)15-20-12-8-11(4-5-13(12)23-15)19-14(22)6-7-21-10-17-9-18-21/h4-5,8-10H,6-7H2,1-3H3,(H,19,22). The molecule has 3 rings (SSSR count). The van der Waals surface area contributed by atoms with Crippen molar-refractivity contribution >= 4 is 22.7 Å². The minimum Gasteiger partial charge on any atom is -0.440 e. The fourth-order valence-electron chi connectivity index (χ4n) is 2.11. The molecule has 1 amide bonds. The van der Waals surface area contributed by atoms with Gasteiger partial charge < -0.3 is 9.73 Å². The number of carbonyl (C=O) groups is 1. The van der Waals surface area contributed by atoms with E-state index in [1.807, 2.05) is 39.0 Å². The average molecular weight is 313 g/mol. The molecule has 7 nitrogen and oxygen atoms in total. The van der Waals surface area contributed by atoms with E-state index in [9.17, 15) is 4.79 Å². The Morgan fingerprint density at radius 2 is 2.17 bits per heavy atom. The Hall–Kier alpha value is -2.70. The van der Waals surface area contributed by atoms with Gasteiger partial charge in [0.1, 0.15) is 18.2 Å². The van der Waals surface area contributed by atoms with Crippen LogP contribution in [0.2, 0.25) is 0 Å². The van der Waals surface area contributed by atoms with E-state index in [1.54, 1.807) is 11.0 Å². The van der Waals surface area contributed by atoms with Gasteiger partial charge in [-0.1, -0.05) is 20.8 Å². The van der Waals surface area contributed by atoms with Crippen molar-refractivity contribution in [2.24, 2.45) is 0 Å². The van der Waals surface area contributed by atoms with Crippen LogP contribution >= 0.6 is 0 Å². The highest BCUT2D eigenvalue weighted by Gasteiger charge is 2.21. The van der Waals surface area contributed by atoms with E-state index in [2.05, 4.69) is 20.4 Å². The van der Waals surface area contributed by atoms with Crippen LogP contribution in [0.25, 0.3) is 11.1 Å². The molecule has 120 valence electrons. The highest BCUT2D eigenvalue weighted by Crippen LogP contribution is 2.27. The summed E-state index contributed by atoms with van der Waals surface area (Å²) in [4.78, 5) is 20.3. The van der Waals surface area contributed by atoms with Gasteiger partial charge in [-0.2, -0.15) is 5.10 Å². The van der Waals surface area contributed by atoms with Gasteiger partial charge in [0.2, 0.25) is 11.8 Å². The van der Waals surface area contributed by atoms with E-state index in [-0.39, 0.29) is 11.3 Å². The maximum atomic E-state index is 12.0.